The molecule has 7 nitrogen and oxygen atoms in total. The lowest BCUT2D eigenvalue weighted by Gasteiger charge is -2.15. The molecule has 3 aromatic rings. The Kier molecular flexibility index (Phi) is 7.36. The molecule has 1 aliphatic rings. The third kappa shape index (κ3) is 5.39. The van der Waals surface area contributed by atoms with E-state index in [1.54, 1.807) is 28.6 Å². The van der Waals surface area contributed by atoms with Gasteiger partial charge in [-0.2, -0.15) is 4.31 Å². The Balaban J connectivity index is 1.48. The minimum atomic E-state index is -3.50. The molecule has 2 aromatic carbocycles. The molecule has 1 amide bonds. The first-order valence-electron chi connectivity index (χ1n) is 11.4. The number of amides is 1. The molecule has 4 rings (SSSR count). The number of carbonyl (C=O) groups is 1. The summed E-state index contributed by atoms with van der Waals surface area (Å²) in [4.78, 5) is 17.4. The fourth-order valence-electron chi connectivity index (χ4n) is 4.18. The van der Waals surface area contributed by atoms with Gasteiger partial charge in [0.2, 0.25) is 15.9 Å². The molecule has 1 saturated heterocycles. The topological polar surface area (TPSA) is 84.3 Å². The van der Waals surface area contributed by atoms with Gasteiger partial charge in [-0.15, -0.1) is 0 Å². The summed E-state index contributed by atoms with van der Waals surface area (Å²) < 4.78 is 29.5. The molecule has 2 heterocycles. The standard InChI is InChI=1S/C24H29ClN4O3S/c1-2-13-29-22-10-9-20(33(31,32)28-14-3-4-15-28)16-21(22)27-23(29)11-12-24(30)26-17-18-5-7-19(25)8-6-18/h5-10,16H,2-4,11-15,17H2,1H3,(H,26,30). The molecule has 33 heavy (non-hydrogen) atoms. The van der Waals surface area contributed by atoms with Gasteiger partial charge in [0.25, 0.3) is 0 Å². The fraction of sp³-hybridized carbons (Fsp3) is 0.417. The van der Waals surface area contributed by atoms with Crippen molar-refractivity contribution in [3.63, 3.8) is 0 Å². The number of imidazole rings is 1. The maximum absolute atomic E-state index is 12.9. The number of hydrogen-bond donors (Lipinski definition) is 1. The van der Waals surface area contributed by atoms with Crippen molar-refractivity contribution in [1.82, 2.24) is 19.2 Å². The number of hydrogen-bond acceptors (Lipinski definition) is 4. The second-order valence-corrected chi connectivity index (χ2v) is 10.7. The van der Waals surface area contributed by atoms with Gasteiger partial charge in [0.15, 0.2) is 0 Å². The van der Waals surface area contributed by atoms with Crippen molar-refractivity contribution >= 4 is 38.6 Å². The number of fused-ring (bicyclic) bond motifs is 1. The smallest absolute Gasteiger partial charge is 0.243 e. The number of nitrogens with zero attached hydrogens (tertiary/aromatic N) is 3. The van der Waals surface area contributed by atoms with Crippen LogP contribution in [-0.4, -0.2) is 41.3 Å². The molecule has 9 heteroatoms. The van der Waals surface area contributed by atoms with Crippen LogP contribution in [0.3, 0.4) is 0 Å². The number of benzene rings is 2. The Labute approximate surface area is 199 Å². The summed E-state index contributed by atoms with van der Waals surface area (Å²) in [6.07, 6.45) is 3.50. The number of aromatic nitrogens is 2. The third-order valence-electron chi connectivity index (χ3n) is 5.93. The molecular weight excluding hydrogens is 460 g/mol. The average Bonchev–Trinajstić information content (AvgIpc) is 3.46. The molecule has 0 radical (unpaired) electrons. The normalized spacial score (nSPS) is 14.7. The highest BCUT2D eigenvalue weighted by Crippen LogP contribution is 2.26. The molecule has 1 aromatic heterocycles. The predicted molar refractivity (Wildman–Crippen MR) is 130 cm³/mol. The van der Waals surface area contributed by atoms with E-state index in [0.717, 1.165) is 42.7 Å². The highest BCUT2D eigenvalue weighted by molar-refractivity contribution is 7.89. The van der Waals surface area contributed by atoms with Crippen molar-refractivity contribution in [1.29, 1.82) is 0 Å². The molecule has 1 N–H and O–H groups in total. The monoisotopic (exact) mass is 488 g/mol. The van der Waals surface area contributed by atoms with E-state index in [0.29, 0.717) is 43.0 Å². The third-order valence-corrected chi connectivity index (χ3v) is 8.07. The van der Waals surface area contributed by atoms with Crippen LogP contribution in [0.1, 0.15) is 44.0 Å². The second kappa shape index (κ2) is 10.2. The summed E-state index contributed by atoms with van der Waals surface area (Å²) in [7, 11) is -3.50. The van der Waals surface area contributed by atoms with Crippen molar-refractivity contribution in [2.45, 2.75) is 57.0 Å². The van der Waals surface area contributed by atoms with Crippen LogP contribution >= 0.6 is 11.6 Å². The van der Waals surface area contributed by atoms with Gasteiger partial charge < -0.3 is 9.88 Å². The minimum absolute atomic E-state index is 0.0580. The highest BCUT2D eigenvalue weighted by Gasteiger charge is 2.27. The first-order valence-corrected chi connectivity index (χ1v) is 13.2. The molecule has 0 spiro atoms. The van der Waals surface area contributed by atoms with Crippen LogP contribution in [0.25, 0.3) is 11.0 Å². The Bertz CT molecular complexity index is 1230. The molecule has 0 bridgehead atoms. The first-order chi connectivity index (χ1) is 15.9. The number of nitrogens with one attached hydrogen (secondary N) is 1. The lowest BCUT2D eigenvalue weighted by Crippen LogP contribution is -2.27. The summed E-state index contributed by atoms with van der Waals surface area (Å²) in [5.74, 6) is 0.738. The van der Waals surface area contributed by atoms with Crippen molar-refractivity contribution in [2.75, 3.05) is 13.1 Å². The summed E-state index contributed by atoms with van der Waals surface area (Å²) in [5.41, 5.74) is 2.53. The zero-order valence-corrected chi connectivity index (χ0v) is 20.3. The predicted octanol–water partition coefficient (Wildman–Crippen LogP) is 4.13. The lowest BCUT2D eigenvalue weighted by molar-refractivity contribution is -0.121. The van der Waals surface area contributed by atoms with Crippen LogP contribution in [0.2, 0.25) is 5.02 Å². The van der Waals surface area contributed by atoms with Gasteiger partial charge in [-0.05, 0) is 55.2 Å². The van der Waals surface area contributed by atoms with Gasteiger partial charge >= 0.3 is 0 Å². The van der Waals surface area contributed by atoms with E-state index in [1.165, 1.54) is 0 Å². The number of aryl methyl sites for hydroxylation is 2. The van der Waals surface area contributed by atoms with Crippen LogP contribution in [0.15, 0.2) is 47.4 Å². The molecule has 0 saturated carbocycles. The summed E-state index contributed by atoms with van der Waals surface area (Å²) in [6.45, 7) is 4.43. The van der Waals surface area contributed by atoms with Crippen LogP contribution < -0.4 is 5.32 Å². The van der Waals surface area contributed by atoms with Gasteiger partial charge in [0.05, 0.1) is 15.9 Å². The van der Waals surface area contributed by atoms with E-state index >= 15 is 0 Å². The van der Waals surface area contributed by atoms with Gasteiger partial charge in [-0.3, -0.25) is 4.79 Å². The number of halogens is 1. The molecule has 0 atom stereocenters. The summed E-state index contributed by atoms with van der Waals surface area (Å²) in [5, 5.41) is 3.59. The van der Waals surface area contributed by atoms with E-state index in [9.17, 15) is 13.2 Å². The van der Waals surface area contributed by atoms with Gasteiger partial charge in [-0.1, -0.05) is 30.7 Å². The molecule has 1 aliphatic heterocycles. The zero-order chi connectivity index (χ0) is 23.4. The quantitative estimate of drug-likeness (QED) is 0.490. The summed E-state index contributed by atoms with van der Waals surface area (Å²) >= 11 is 5.90. The van der Waals surface area contributed by atoms with Crippen molar-refractivity contribution in [2.24, 2.45) is 0 Å². The first kappa shape index (κ1) is 23.7. The van der Waals surface area contributed by atoms with Gasteiger partial charge in [0.1, 0.15) is 5.82 Å². The minimum Gasteiger partial charge on any atom is -0.352 e. The van der Waals surface area contributed by atoms with E-state index in [-0.39, 0.29) is 10.8 Å². The van der Waals surface area contributed by atoms with Crippen LogP contribution in [-0.2, 0) is 34.3 Å². The van der Waals surface area contributed by atoms with Crippen molar-refractivity contribution in [3.05, 3.63) is 58.9 Å². The SMILES string of the molecule is CCCn1c(CCC(=O)NCc2ccc(Cl)cc2)nc2cc(S(=O)(=O)N3CCCC3)ccc21. The molecule has 176 valence electrons. The van der Waals surface area contributed by atoms with Crippen molar-refractivity contribution < 1.29 is 13.2 Å². The zero-order valence-electron chi connectivity index (χ0n) is 18.8. The molecule has 0 unspecified atom stereocenters. The van der Waals surface area contributed by atoms with E-state index < -0.39 is 10.0 Å². The molecular formula is C24H29ClN4O3S. The number of carbonyl (C=O) groups excluding carboxylic acids is 1. The number of rotatable bonds is 9. The Morgan fingerprint density at radius 3 is 2.55 bits per heavy atom. The van der Waals surface area contributed by atoms with E-state index in [4.69, 9.17) is 16.6 Å². The number of sulfonamides is 1. The fourth-order valence-corrected chi connectivity index (χ4v) is 5.84. The Morgan fingerprint density at radius 2 is 1.85 bits per heavy atom. The largest absolute Gasteiger partial charge is 0.352 e. The van der Waals surface area contributed by atoms with Crippen LogP contribution in [0, 0.1) is 0 Å². The van der Waals surface area contributed by atoms with Gasteiger partial charge in [-0.25, -0.2) is 13.4 Å². The Hall–Kier alpha value is -2.42. The second-order valence-electron chi connectivity index (χ2n) is 8.34. The maximum atomic E-state index is 12.9. The summed E-state index contributed by atoms with van der Waals surface area (Å²) in [6, 6.07) is 12.5. The average molecular weight is 489 g/mol. The molecule has 0 aliphatic carbocycles. The molecule has 1 fully saturated rings. The van der Waals surface area contributed by atoms with E-state index in [2.05, 4.69) is 16.8 Å². The maximum Gasteiger partial charge on any atom is 0.243 e. The van der Waals surface area contributed by atoms with Crippen molar-refractivity contribution in [3.8, 4) is 0 Å². The Morgan fingerprint density at radius 1 is 1.12 bits per heavy atom. The highest BCUT2D eigenvalue weighted by atomic mass is 35.5. The lowest BCUT2D eigenvalue weighted by atomic mass is 10.2. The van der Waals surface area contributed by atoms with Crippen LogP contribution in [0.4, 0.5) is 0 Å². The van der Waals surface area contributed by atoms with E-state index in [1.807, 2.05) is 18.2 Å². The van der Waals surface area contributed by atoms with Gasteiger partial charge in [0, 0.05) is 44.0 Å². The van der Waals surface area contributed by atoms with Crippen LogP contribution in [0.5, 0.6) is 0 Å².